The molecule has 0 bridgehead atoms. The maximum Gasteiger partial charge on any atom is 0.178 e. The van der Waals surface area contributed by atoms with Gasteiger partial charge in [-0.05, 0) is 23.3 Å². The predicted molar refractivity (Wildman–Crippen MR) is 73.6 cm³/mol. The molecule has 0 saturated heterocycles. The number of rotatable bonds is 5. The highest BCUT2D eigenvalue weighted by Gasteiger charge is 2.14. The summed E-state index contributed by atoms with van der Waals surface area (Å²) in [4.78, 5) is 10.5. The van der Waals surface area contributed by atoms with Gasteiger partial charge in [0, 0.05) is 12.4 Å². The number of carboxylic acids is 1. The molecule has 0 N–H and O–H groups in total. The Balaban J connectivity index is 2.22. The Morgan fingerprint density at radius 3 is 2.00 bits per heavy atom. The zero-order valence-corrected chi connectivity index (χ0v) is 11.5. The minimum absolute atomic E-state index is 0.124. The molecule has 2 rings (SSSR count). The van der Waals surface area contributed by atoms with Crippen molar-refractivity contribution in [3.63, 3.8) is 0 Å². The lowest BCUT2D eigenvalue weighted by atomic mass is 10.1. The summed E-state index contributed by atoms with van der Waals surface area (Å²) in [7, 11) is -3.58. The molecule has 0 atom stereocenters. The lowest BCUT2D eigenvalue weighted by Gasteiger charge is -2.07. The van der Waals surface area contributed by atoms with Gasteiger partial charge in [0.2, 0.25) is 0 Å². The number of carbonyl (C=O) groups is 1. The first kappa shape index (κ1) is 14.3. The van der Waals surface area contributed by atoms with Crippen LogP contribution < -0.4 is 5.11 Å². The summed E-state index contributed by atoms with van der Waals surface area (Å²) < 4.78 is 23.8. The summed E-state index contributed by atoms with van der Waals surface area (Å²) in [5, 5.41) is 10.3. The van der Waals surface area contributed by atoms with Crippen LogP contribution >= 0.6 is 0 Å². The number of carbonyl (C=O) groups excluding carboxylic acids is 1. The Morgan fingerprint density at radius 2 is 1.45 bits per heavy atom. The average Bonchev–Trinajstić information content (AvgIpc) is 2.46. The zero-order chi connectivity index (χ0) is 14.6. The van der Waals surface area contributed by atoms with Gasteiger partial charge >= 0.3 is 0 Å². The smallest absolute Gasteiger partial charge is 0.178 e. The minimum Gasteiger partial charge on any atom is -0.550 e. The summed E-state index contributed by atoms with van der Waals surface area (Å²) in [5.74, 6) is -1.81. The number of carboxylic acid groups (broad SMARTS) is 1. The largest absolute Gasteiger partial charge is 0.550 e. The van der Waals surface area contributed by atoms with Crippen LogP contribution in [0.5, 0.6) is 0 Å². The van der Waals surface area contributed by atoms with Crippen LogP contribution in [-0.4, -0.2) is 20.1 Å². The predicted octanol–water partition coefficient (Wildman–Crippen LogP) is 1.27. The fourth-order valence-corrected chi connectivity index (χ4v) is 3.04. The third-order valence-corrected chi connectivity index (χ3v) is 4.63. The van der Waals surface area contributed by atoms with Crippen LogP contribution in [0.15, 0.2) is 59.5 Å². The summed E-state index contributed by atoms with van der Waals surface area (Å²) >= 11 is 0. The monoisotopic (exact) mass is 289 g/mol. The Morgan fingerprint density at radius 1 is 0.900 bits per heavy atom. The number of sulfone groups is 1. The normalized spacial score (nSPS) is 11.2. The lowest BCUT2D eigenvalue weighted by molar-refractivity contribution is -0.305. The molecule has 104 valence electrons. The van der Waals surface area contributed by atoms with E-state index in [9.17, 15) is 18.3 Å². The van der Waals surface area contributed by atoms with Crippen LogP contribution in [0.3, 0.4) is 0 Å². The highest BCUT2D eigenvalue weighted by Crippen LogP contribution is 2.21. The third-order valence-electron chi connectivity index (χ3n) is 2.90. The molecule has 0 amide bonds. The highest BCUT2D eigenvalue weighted by molar-refractivity contribution is 7.91. The van der Waals surface area contributed by atoms with Crippen LogP contribution in [-0.2, 0) is 14.6 Å². The van der Waals surface area contributed by atoms with Gasteiger partial charge in [0.25, 0.3) is 0 Å². The van der Waals surface area contributed by atoms with E-state index in [1.54, 1.807) is 12.1 Å². The molecule has 0 radical (unpaired) electrons. The molecule has 4 nitrogen and oxygen atoms in total. The van der Waals surface area contributed by atoms with Crippen LogP contribution in [0.1, 0.15) is 6.42 Å². The van der Waals surface area contributed by atoms with Gasteiger partial charge in [-0.1, -0.05) is 42.5 Å². The number of hydrogen-bond donors (Lipinski definition) is 0. The van der Waals surface area contributed by atoms with E-state index >= 15 is 0 Å². The van der Waals surface area contributed by atoms with Crippen LogP contribution in [0.2, 0.25) is 0 Å². The van der Waals surface area contributed by atoms with Crippen molar-refractivity contribution in [2.75, 3.05) is 5.75 Å². The Hall–Kier alpha value is -2.14. The molecule has 2 aromatic rings. The van der Waals surface area contributed by atoms with Gasteiger partial charge in [-0.15, -0.1) is 0 Å². The Bertz CT molecular complexity index is 688. The number of hydrogen-bond acceptors (Lipinski definition) is 4. The first-order valence-corrected chi connectivity index (χ1v) is 7.72. The van der Waals surface area contributed by atoms with Crippen molar-refractivity contribution in [1.29, 1.82) is 0 Å². The maximum atomic E-state index is 11.9. The molecule has 0 aliphatic carbocycles. The van der Waals surface area contributed by atoms with Gasteiger partial charge in [0.05, 0.1) is 10.6 Å². The minimum atomic E-state index is -3.58. The standard InChI is InChI=1S/C15H14O4S/c16-15(17)10-11-20(18,19)14-8-6-13(7-9-14)12-4-2-1-3-5-12/h1-9H,10-11H2,(H,16,17)/p-1. The molecule has 0 saturated carbocycles. The van der Waals surface area contributed by atoms with Crippen molar-refractivity contribution in [3.05, 3.63) is 54.6 Å². The first-order chi connectivity index (χ1) is 9.49. The van der Waals surface area contributed by atoms with Gasteiger partial charge in [-0.3, -0.25) is 0 Å². The van der Waals surface area contributed by atoms with E-state index in [2.05, 4.69) is 0 Å². The number of benzene rings is 2. The third kappa shape index (κ3) is 3.45. The average molecular weight is 289 g/mol. The molecule has 0 heterocycles. The molecule has 0 aromatic heterocycles. The second-order valence-corrected chi connectivity index (χ2v) is 6.44. The summed E-state index contributed by atoms with van der Waals surface area (Å²) in [6, 6.07) is 16.0. The van der Waals surface area contributed by atoms with Gasteiger partial charge in [0.15, 0.2) is 9.84 Å². The summed E-state index contributed by atoms with van der Waals surface area (Å²) in [5.41, 5.74) is 1.90. The van der Waals surface area contributed by atoms with Crippen molar-refractivity contribution in [3.8, 4) is 11.1 Å². The lowest BCUT2D eigenvalue weighted by Crippen LogP contribution is -2.25. The van der Waals surface area contributed by atoms with E-state index in [1.807, 2.05) is 30.3 Å². The van der Waals surface area contributed by atoms with Crippen molar-refractivity contribution in [2.45, 2.75) is 11.3 Å². The van der Waals surface area contributed by atoms with Crippen molar-refractivity contribution in [2.24, 2.45) is 0 Å². The zero-order valence-electron chi connectivity index (χ0n) is 10.7. The van der Waals surface area contributed by atoms with E-state index in [1.165, 1.54) is 12.1 Å². The molecule has 0 spiro atoms. The fourth-order valence-electron chi connectivity index (χ4n) is 1.82. The number of aliphatic carboxylic acids is 1. The topological polar surface area (TPSA) is 74.3 Å². The summed E-state index contributed by atoms with van der Waals surface area (Å²) in [6.07, 6.45) is -0.497. The molecule has 0 fully saturated rings. The van der Waals surface area contributed by atoms with Crippen molar-refractivity contribution >= 4 is 15.8 Å². The molecule has 5 heteroatoms. The van der Waals surface area contributed by atoms with Gasteiger partial charge in [0.1, 0.15) is 0 Å². The fraction of sp³-hybridized carbons (Fsp3) is 0.133. The van der Waals surface area contributed by atoms with E-state index in [0.717, 1.165) is 11.1 Å². The first-order valence-electron chi connectivity index (χ1n) is 6.07. The Labute approximate surface area is 117 Å². The SMILES string of the molecule is O=C([O-])CCS(=O)(=O)c1ccc(-c2ccccc2)cc1. The molecule has 20 heavy (non-hydrogen) atoms. The maximum absolute atomic E-state index is 11.9. The van der Waals surface area contributed by atoms with Gasteiger partial charge in [-0.25, -0.2) is 8.42 Å². The van der Waals surface area contributed by atoms with Crippen LogP contribution in [0.4, 0.5) is 0 Å². The Kier molecular flexibility index (Phi) is 4.20. The highest BCUT2D eigenvalue weighted by atomic mass is 32.2. The second kappa shape index (κ2) is 5.88. The molecular formula is C15H13O4S-. The van der Waals surface area contributed by atoms with E-state index in [-0.39, 0.29) is 4.90 Å². The van der Waals surface area contributed by atoms with Gasteiger partial charge < -0.3 is 9.90 Å². The van der Waals surface area contributed by atoms with Crippen LogP contribution in [0, 0.1) is 0 Å². The van der Waals surface area contributed by atoms with Gasteiger partial charge in [-0.2, -0.15) is 0 Å². The quantitative estimate of drug-likeness (QED) is 0.830. The van der Waals surface area contributed by atoms with E-state index in [0.29, 0.717) is 0 Å². The second-order valence-electron chi connectivity index (χ2n) is 4.33. The molecule has 0 aliphatic heterocycles. The molecule has 0 unspecified atom stereocenters. The van der Waals surface area contributed by atoms with E-state index in [4.69, 9.17) is 0 Å². The molecule has 0 aliphatic rings. The van der Waals surface area contributed by atoms with Crippen LogP contribution in [0.25, 0.3) is 11.1 Å². The molecule has 2 aromatic carbocycles. The van der Waals surface area contributed by atoms with Crippen molar-refractivity contribution < 1.29 is 18.3 Å². The molecular weight excluding hydrogens is 276 g/mol. The van der Waals surface area contributed by atoms with E-state index < -0.39 is 28.0 Å². The summed E-state index contributed by atoms with van der Waals surface area (Å²) in [6.45, 7) is 0. The van der Waals surface area contributed by atoms with Crippen molar-refractivity contribution in [1.82, 2.24) is 0 Å².